The van der Waals surface area contributed by atoms with Crippen LogP contribution in [0.2, 0.25) is 0 Å². The topological polar surface area (TPSA) is 124 Å². The molecule has 9 nitrogen and oxygen atoms in total. The van der Waals surface area contributed by atoms with E-state index in [4.69, 9.17) is 0 Å². The summed E-state index contributed by atoms with van der Waals surface area (Å²) in [5, 5.41) is 3.08. The molecule has 188 valence electrons. The largest absolute Gasteiger partial charge is 0.417 e. The number of aromatic nitrogens is 4. The Labute approximate surface area is 203 Å². The normalized spacial score (nSPS) is 15.9. The number of nitrogens with one attached hydrogen (secondary N) is 3. The Morgan fingerprint density at radius 2 is 1.67 bits per heavy atom. The summed E-state index contributed by atoms with van der Waals surface area (Å²) in [5.74, 6) is 0.316. The highest BCUT2D eigenvalue weighted by atomic mass is 32.2. The first-order valence-electron chi connectivity index (χ1n) is 11.1. The molecule has 3 N–H and O–H groups in total. The van der Waals surface area contributed by atoms with Crippen molar-refractivity contribution in [2.45, 2.75) is 30.0 Å². The van der Waals surface area contributed by atoms with Gasteiger partial charge in [-0.3, -0.25) is 4.98 Å². The van der Waals surface area contributed by atoms with Gasteiger partial charge in [-0.1, -0.05) is 12.1 Å². The molecule has 5 rings (SSSR count). The first-order valence-corrected chi connectivity index (χ1v) is 12.5. The number of nitrogens with zero attached hydrogens (tertiary/aromatic N) is 3. The molecule has 13 heteroatoms. The number of fused-ring (bicyclic) bond motifs is 1. The van der Waals surface area contributed by atoms with Crippen LogP contribution in [-0.2, 0) is 16.2 Å². The molecule has 1 aliphatic heterocycles. The molecule has 4 aromatic rings. The molecule has 0 atom stereocenters. The highest BCUT2D eigenvalue weighted by Gasteiger charge is 2.32. The van der Waals surface area contributed by atoms with Crippen LogP contribution in [0.15, 0.2) is 64.5 Å². The SMILES string of the molecule is O=c1[nH]c2cc(-c3ccc(S(=O)(=O)N4CCC(Nc5ccc(C(F)(F)F)cn5)CC4)cc3)cnc2[nH]1. The summed E-state index contributed by atoms with van der Waals surface area (Å²) < 4.78 is 65.8. The van der Waals surface area contributed by atoms with Crippen LogP contribution in [0.5, 0.6) is 0 Å². The van der Waals surface area contributed by atoms with Crippen LogP contribution in [0.1, 0.15) is 18.4 Å². The number of imidazole rings is 1. The van der Waals surface area contributed by atoms with Gasteiger partial charge in [-0.2, -0.15) is 17.5 Å². The summed E-state index contributed by atoms with van der Waals surface area (Å²) in [6.07, 6.45) is -1.10. The number of aromatic amines is 2. The lowest BCUT2D eigenvalue weighted by Crippen LogP contribution is -2.42. The van der Waals surface area contributed by atoms with Gasteiger partial charge in [-0.15, -0.1) is 0 Å². The average molecular weight is 519 g/mol. The molecule has 1 fully saturated rings. The minimum absolute atomic E-state index is 0.106. The second kappa shape index (κ2) is 9.06. The molecule has 4 heterocycles. The van der Waals surface area contributed by atoms with E-state index in [-0.39, 0.29) is 29.7 Å². The van der Waals surface area contributed by atoms with E-state index in [0.29, 0.717) is 29.8 Å². The maximum Gasteiger partial charge on any atom is 0.417 e. The summed E-state index contributed by atoms with van der Waals surface area (Å²) in [6, 6.07) is 10.3. The molecule has 0 saturated carbocycles. The van der Waals surface area contributed by atoms with Crippen molar-refractivity contribution in [3.05, 3.63) is 70.9 Å². The predicted octanol–water partition coefficient (Wildman–Crippen LogP) is 3.60. The highest BCUT2D eigenvalue weighted by Crippen LogP contribution is 2.30. The monoisotopic (exact) mass is 518 g/mol. The lowest BCUT2D eigenvalue weighted by molar-refractivity contribution is -0.137. The highest BCUT2D eigenvalue weighted by molar-refractivity contribution is 7.89. The zero-order chi connectivity index (χ0) is 25.5. The molecule has 1 aromatic carbocycles. The summed E-state index contributed by atoms with van der Waals surface area (Å²) in [7, 11) is -3.71. The molecule has 0 aliphatic carbocycles. The number of pyridine rings is 2. The number of hydrogen-bond acceptors (Lipinski definition) is 6. The summed E-state index contributed by atoms with van der Waals surface area (Å²) in [6.45, 7) is 0.535. The first-order chi connectivity index (χ1) is 17.1. The van der Waals surface area contributed by atoms with Gasteiger partial charge in [0.15, 0.2) is 5.65 Å². The van der Waals surface area contributed by atoms with Crippen molar-refractivity contribution in [2.24, 2.45) is 0 Å². The first kappa shape index (κ1) is 24.0. The predicted molar refractivity (Wildman–Crippen MR) is 127 cm³/mol. The Morgan fingerprint density at radius 3 is 2.31 bits per heavy atom. The van der Waals surface area contributed by atoms with Gasteiger partial charge in [-0.05, 0) is 48.7 Å². The van der Waals surface area contributed by atoms with E-state index >= 15 is 0 Å². The van der Waals surface area contributed by atoms with E-state index in [9.17, 15) is 26.4 Å². The quantitative estimate of drug-likeness (QED) is 0.371. The lowest BCUT2D eigenvalue weighted by atomic mass is 10.1. The number of hydrogen-bond donors (Lipinski definition) is 3. The smallest absolute Gasteiger partial charge is 0.367 e. The van der Waals surface area contributed by atoms with E-state index in [2.05, 4.69) is 25.3 Å². The van der Waals surface area contributed by atoms with Crippen molar-refractivity contribution >= 4 is 27.0 Å². The van der Waals surface area contributed by atoms with Crippen LogP contribution < -0.4 is 11.0 Å². The third kappa shape index (κ3) is 4.84. The van der Waals surface area contributed by atoms with E-state index < -0.39 is 21.8 Å². The number of H-pyrrole nitrogens is 2. The van der Waals surface area contributed by atoms with Crippen LogP contribution in [0, 0.1) is 0 Å². The van der Waals surface area contributed by atoms with Crippen molar-refractivity contribution in [3.63, 3.8) is 0 Å². The standard InChI is InChI=1S/C23H21F3N6O3S/c24-23(25,26)16-3-6-20(27-13-16)29-17-7-9-32(10-8-17)36(34,35)18-4-1-14(2-5-18)15-11-19-21(28-12-15)31-22(33)30-19/h1-6,11-13,17H,7-10H2,(H,27,29)(H2,28,30,31,33). The van der Waals surface area contributed by atoms with E-state index in [1.165, 1.54) is 22.5 Å². The maximum absolute atomic E-state index is 13.1. The Balaban J connectivity index is 1.23. The van der Waals surface area contributed by atoms with Gasteiger partial charge < -0.3 is 10.3 Å². The molecular weight excluding hydrogens is 497 g/mol. The van der Waals surface area contributed by atoms with Crippen LogP contribution in [0.3, 0.4) is 0 Å². The molecular formula is C23H21F3N6O3S. The van der Waals surface area contributed by atoms with E-state index in [1.807, 2.05) is 0 Å². The van der Waals surface area contributed by atoms with Gasteiger partial charge in [-0.25, -0.2) is 23.2 Å². The third-order valence-corrected chi connectivity index (χ3v) is 8.00. The number of anilines is 1. The van der Waals surface area contributed by atoms with Crippen molar-refractivity contribution < 1.29 is 21.6 Å². The second-order valence-electron chi connectivity index (χ2n) is 8.48. The minimum Gasteiger partial charge on any atom is -0.367 e. The van der Waals surface area contributed by atoms with Gasteiger partial charge >= 0.3 is 11.9 Å². The molecule has 0 amide bonds. The molecule has 36 heavy (non-hydrogen) atoms. The van der Waals surface area contributed by atoms with Crippen LogP contribution >= 0.6 is 0 Å². The number of alkyl halides is 3. The number of benzene rings is 1. The van der Waals surface area contributed by atoms with Gasteiger partial charge in [0, 0.05) is 37.1 Å². The van der Waals surface area contributed by atoms with Crippen LogP contribution in [0.25, 0.3) is 22.3 Å². The number of piperidine rings is 1. The maximum atomic E-state index is 13.1. The zero-order valence-corrected chi connectivity index (χ0v) is 19.5. The fourth-order valence-corrected chi connectivity index (χ4v) is 5.61. The summed E-state index contributed by atoms with van der Waals surface area (Å²) in [4.78, 5) is 24.8. The van der Waals surface area contributed by atoms with Gasteiger partial charge in [0.05, 0.1) is 16.0 Å². The summed E-state index contributed by atoms with van der Waals surface area (Å²) >= 11 is 0. The Morgan fingerprint density at radius 1 is 0.944 bits per heavy atom. The average Bonchev–Trinajstić information content (AvgIpc) is 3.23. The second-order valence-corrected chi connectivity index (χ2v) is 10.4. The Hall–Kier alpha value is -3.71. The molecule has 0 radical (unpaired) electrons. The zero-order valence-electron chi connectivity index (χ0n) is 18.7. The van der Waals surface area contributed by atoms with Crippen molar-refractivity contribution in [3.8, 4) is 11.1 Å². The van der Waals surface area contributed by atoms with Gasteiger partial charge in [0.2, 0.25) is 10.0 Å². The fraction of sp³-hybridized carbons (Fsp3) is 0.261. The lowest BCUT2D eigenvalue weighted by Gasteiger charge is -2.32. The number of sulfonamides is 1. The Kier molecular flexibility index (Phi) is 6.04. The molecule has 1 saturated heterocycles. The number of rotatable bonds is 5. The number of halogens is 3. The van der Waals surface area contributed by atoms with E-state index in [0.717, 1.165) is 23.4 Å². The van der Waals surface area contributed by atoms with Crippen LogP contribution in [0.4, 0.5) is 19.0 Å². The molecule has 0 unspecified atom stereocenters. The molecule has 1 aliphatic rings. The molecule has 0 bridgehead atoms. The van der Waals surface area contributed by atoms with Crippen molar-refractivity contribution in [1.29, 1.82) is 0 Å². The van der Waals surface area contributed by atoms with Crippen LogP contribution in [-0.4, -0.2) is 51.8 Å². The molecule has 3 aromatic heterocycles. The minimum atomic E-state index is -4.45. The molecule has 0 spiro atoms. The van der Waals surface area contributed by atoms with E-state index in [1.54, 1.807) is 24.4 Å². The van der Waals surface area contributed by atoms with Gasteiger partial charge in [0.25, 0.3) is 0 Å². The Bertz CT molecular complexity index is 1540. The fourth-order valence-electron chi connectivity index (χ4n) is 4.14. The van der Waals surface area contributed by atoms with Crippen molar-refractivity contribution in [1.82, 2.24) is 24.2 Å². The van der Waals surface area contributed by atoms with Gasteiger partial charge in [0.1, 0.15) is 5.82 Å². The third-order valence-electron chi connectivity index (χ3n) is 6.09. The van der Waals surface area contributed by atoms with Crippen molar-refractivity contribution in [2.75, 3.05) is 18.4 Å². The summed E-state index contributed by atoms with van der Waals surface area (Å²) in [5.41, 5.74) is 1.29.